The molecule has 1 aliphatic heterocycles. The van der Waals surface area contributed by atoms with Crippen molar-refractivity contribution in [2.24, 2.45) is 0 Å². The van der Waals surface area contributed by atoms with Crippen LogP contribution in [0.5, 0.6) is 0 Å². The Kier molecular flexibility index (Phi) is 7.87. The van der Waals surface area contributed by atoms with Gasteiger partial charge in [-0.15, -0.1) is 0 Å². The van der Waals surface area contributed by atoms with Gasteiger partial charge in [0.1, 0.15) is 0 Å². The lowest BCUT2D eigenvalue weighted by Gasteiger charge is -2.43. The summed E-state index contributed by atoms with van der Waals surface area (Å²) < 4.78 is 11.4. The van der Waals surface area contributed by atoms with E-state index in [9.17, 15) is 0 Å². The van der Waals surface area contributed by atoms with Crippen molar-refractivity contribution in [3.8, 4) is 0 Å². The highest BCUT2D eigenvalue weighted by atomic mass is 16.5. The Morgan fingerprint density at radius 1 is 1.17 bits per heavy atom. The molecule has 1 saturated heterocycles. The van der Waals surface area contributed by atoms with Crippen LogP contribution in [0.15, 0.2) is 0 Å². The highest BCUT2D eigenvalue weighted by molar-refractivity contribution is 4.94. The molecule has 3 nitrogen and oxygen atoms in total. The summed E-state index contributed by atoms with van der Waals surface area (Å²) in [7, 11) is 1.87. The van der Waals surface area contributed by atoms with Crippen LogP contribution in [0, 0.1) is 0 Å². The predicted molar refractivity (Wildman–Crippen MR) is 76.0 cm³/mol. The van der Waals surface area contributed by atoms with Crippen LogP contribution in [0.4, 0.5) is 0 Å². The van der Waals surface area contributed by atoms with Gasteiger partial charge in [0.05, 0.1) is 5.60 Å². The van der Waals surface area contributed by atoms with E-state index in [0.29, 0.717) is 6.04 Å². The number of hydrogen-bond acceptors (Lipinski definition) is 3. The fourth-order valence-electron chi connectivity index (χ4n) is 2.88. The first-order chi connectivity index (χ1) is 8.79. The molecule has 1 heterocycles. The van der Waals surface area contributed by atoms with Crippen molar-refractivity contribution < 1.29 is 9.47 Å². The lowest BCUT2D eigenvalue weighted by atomic mass is 9.83. The van der Waals surface area contributed by atoms with Gasteiger partial charge in [0.25, 0.3) is 0 Å². The van der Waals surface area contributed by atoms with Gasteiger partial charge in [-0.05, 0) is 19.4 Å². The van der Waals surface area contributed by atoms with Gasteiger partial charge in [0.2, 0.25) is 0 Å². The van der Waals surface area contributed by atoms with Crippen LogP contribution in [0.3, 0.4) is 0 Å². The molecule has 0 aliphatic carbocycles. The Morgan fingerprint density at radius 3 is 2.44 bits per heavy atom. The minimum atomic E-state index is 0.00115. The molecule has 1 atom stereocenters. The molecule has 0 spiro atoms. The fraction of sp³-hybridized carbons (Fsp3) is 1.00. The standard InChI is InChI=1S/C15H31NO2/c1-4-6-7-8-14(16-11-5-2)15(17-3)9-12-18-13-10-15/h14,16H,4-13H2,1-3H3. The summed E-state index contributed by atoms with van der Waals surface area (Å²) in [5.74, 6) is 0. The first kappa shape index (κ1) is 15.9. The van der Waals surface area contributed by atoms with Crippen LogP contribution in [0.1, 0.15) is 58.8 Å². The second kappa shape index (κ2) is 8.89. The maximum atomic E-state index is 5.93. The summed E-state index contributed by atoms with van der Waals surface area (Å²) in [6.45, 7) is 7.25. The zero-order valence-corrected chi connectivity index (χ0v) is 12.5. The van der Waals surface area contributed by atoms with E-state index in [4.69, 9.17) is 9.47 Å². The summed E-state index contributed by atoms with van der Waals surface area (Å²) in [5, 5.41) is 3.71. The minimum absolute atomic E-state index is 0.00115. The number of nitrogens with one attached hydrogen (secondary N) is 1. The predicted octanol–water partition coefficient (Wildman–Crippen LogP) is 3.13. The fourth-order valence-corrected chi connectivity index (χ4v) is 2.88. The van der Waals surface area contributed by atoms with E-state index >= 15 is 0 Å². The van der Waals surface area contributed by atoms with Crippen molar-refractivity contribution >= 4 is 0 Å². The topological polar surface area (TPSA) is 30.5 Å². The highest BCUT2D eigenvalue weighted by Crippen LogP contribution is 2.31. The number of ether oxygens (including phenoxy) is 2. The van der Waals surface area contributed by atoms with Crippen LogP contribution in [0.2, 0.25) is 0 Å². The largest absolute Gasteiger partial charge is 0.381 e. The number of hydrogen-bond donors (Lipinski definition) is 1. The Morgan fingerprint density at radius 2 is 1.89 bits per heavy atom. The molecule has 3 heteroatoms. The summed E-state index contributed by atoms with van der Waals surface area (Å²) in [6.07, 6.45) is 8.35. The Hall–Kier alpha value is -0.120. The molecule has 0 amide bonds. The van der Waals surface area contributed by atoms with Crippen molar-refractivity contribution in [2.75, 3.05) is 26.9 Å². The van der Waals surface area contributed by atoms with Crippen molar-refractivity contribution in [1.82, 2.24) is 5.32 Å². The van der Waals surface area contributed by atoms with Gasteiger partial charge in [-0.1, -0.05) is 33.1 Å². The molecule has 1 unspecified atom stereocenters. The summed E-state index contributed by atoms with van der Waals surface area (Å²) >= 11 is 0. The van der Waals surface area contributed by atoms with Crippen LogP contribution in [0.25, 0.3) is 0 Å². The molecule has 1 fully saturated rings. The highest BCUT2D eigenvalue weighted by Gasteiger charge is 2.39. The van der Waals surface area contributed by atoms with Gasteiger partial charge in [0.15, 0.2) is 0 Å². The molecule has 0 bridgehead atoms. The van der Waals surface area contributed by atoms with Crippen molar-refractivity contribution in [1.29, 1.82) is 0 Å². The molecule has 1 N–H and O–H groups in total. The summed E-state index contributed by atoms with van der Waals surface area (Å²) in [4.78, 5) is 0. The van der Waals surface area contributed by atoms with Crippen molar-refractivity contribution in [3.05, 3.63) is 0 Å². The van der Waals surface area contributed by atoms with E-state index in [-0.39, 0.29) is 5.60 Å². The Bertz CT molecular complexity index is 203. The molecular weight excluding hydrogens is 226 g/mol. The van der Waals surface area contributed by atoms with E-state index in [1.165, 1.54) is 32.1 Å². The lowest BCUT2D eigenvalue weighted by Crippen LogP contribution is -2.55. The summed E-state index contributed by atoms with van der Waals surface area (Å²) in [5.41, 5.74) is 0.00115. The van der Waals surface area contributed by atoms with E-state index in [0.717, 1.165) is 32.6 Å². The van der Waals surface area contributed by atoms with Gasteiger partial charge in [-0.2, -0.15) is 0 Å². The first-order valence-corrected chi connectivity index (χ1v) is 7.65. The number of rotatable bonds is 9. The molecule has 18 heavy (non-hydrogen) atoms. The molecular formula is C15H31NO2. The molecule has 0 aromatic carbocycles. The second-order valence-electron chi connectivity index (χ2n) is 5.38. The Labute approximate surface area is 113 Å². The smallest absolute Gasteiger partial charge is 0.0874 e. The van der Waals surface area contributed by atoms with Gasteiger partial charge in [-0.3, -0.25) is 0 Å². The number of methoxy groups -OCH3 is 1. The molecule has 0 saturated carbocycles. The monoisotopic (exact) mass is 257 g/mol. The zero-order chi connectivity index (χ0) is 13.3. The van der Waals surface area contributed by atoms with Crippen molar-refractivity contribution in [3.63, 3.8) is 0 Å². The van der Waals surface area contributed by atoms with E-state index in [1.807, 2.05) is 7.11 Å². The number of unbranched alkanes of at least 4 members (excludes halogenated alkanes) is 2. The van der Waals surface area contributed by atoms with Crippen LogP contribution < -0.4 is 5.32 Å². The normalized spacial score (nSPS) is 20.8. The van der Waals surface area contributed by atoms with E-state index < -0.39 is 0 Å². The Balaban J connectivity index is 2.58. The maximum Gasteiger partial charge on any atom is 0.0874 e. The van der Waals surface area contributed by atoms with E-state index in [1.54, 1.807) is 0 Å². The van der Waals surface area contributed by atoms with Crippen LogP contribution in [-0.4, -0.2) is 38.5 Å². The third-order valence-corrected chi connectivity index (χ3v) is 4.12. The van der Waals surface area contributed by atoms with Gasteiger partial charge in [0, 0.05) is 39.2 Å². The van der Waals surface area contributed by atoms with Crippen LogP contribution in [-0.2, 0) is 9.47 Å². The molecule has 0 aromatic heterocycles. The summed E-state index contributed by atoms with van der Waals surface area (Å²) in [6, 6.07) is 0.484. The average Bonchev–Trinajstić information content (AvgIpc) is 2.43. The SMILES string of the molecule is CCCCCC(NCCC)C1(OC)CCOCC1. The van der Waals surface area contributed by atoms with Crippen molar-refractivity contribution in [2.45, 2.75) is 70.4 Å². The molecule has 0 radical (unpaired) electrons. The van der Waals surface area contributed by atoms with Gasteiger partial charge in [-0.25, -0.2) is 0 Å². The lowest BCUT2D eigenvalue weighted by molar-refractivity contribution is -0.112. The zero-order valence-electron chi connectivity index (χ0n) is 12.5. The second-order valence-corrected chi connectivity index (χ2v) is 5.38. The maximum absolute atomic E-state index is 5.93. The third-order valence-electron chi connectivity index (χ3n) is 4.12. The molecule has 0 aromatic rings. The molecule has 1 aliphatic rings. The minimum Gasteiger partial charge on any atom is -0.381 e. The van der Waals surface area contributed by atoms with Gasteiger partial charge >= 0.3 is 0 Å². The quantitative estimate of drug-likeness (QED) is 0.644. The first-order valence-electron chi connectivity index (χ1n) is 7.65. The third kappa shape index (κ3) is 4.52. The van der Waals surface area contributed by atoms with E-state index in [2.05, 4.69) is 19.2 Å². The van der Waals surface area contributed by atoms with Crippen LogP contribution >= 0.6 is 0 Å². The average molecular weight is 257 g/mol. The molecule has 108 valence electrons. The van der Waals surface area contributed by atoms with Gasteiger partial charge < -0.3 is 14.8 Å². The molecule has 1 rings (SSSR count).